The molecule has 0 N–H and O–H groups in total. The molecule has 1 heterocycles. The molecule has 2 aromatic carbocycles. The van der Waals surface area contributed by atoms with Gasteiger partial charge in [-0.15, -0.1) is 0 Å². The van der Waals surface area contributed by atoms with Crippen molar-refractivity contribution in [2.45, 2.75) is 33.4 Å². The van der Waals surface area contributed by atoms with Crippen molar-refractivity contribution in [3.8, 4) is 11.4 Å². The molecule has 8 heteroatoms. The van der Waals surface area contributed by atoms with Gasteiger partial charge < -0.3 is 9.64 Å². The molecule has 0 aliphatic rings. The molecule has 5 nitrogen and oxygen atoms in total. The molecule has 0 saturated carbocycles. The first-order chi connectivity index (χ1) is 14.2. The maximum Gasteiger partial charge on any atom is 0.387 e. The minimum absolute atomic E-state index is 0.0650. The highest BCUT2D eigenvalue weighted by atomic mass is 35.5. The van der Waals surface area contributed by atoms with Gasteiger partial charge in [0.1, 0.15) is 5.75 Å². The van der Waals surface area contributed by atoms with E-state index in [1.807, 2.05) is 26.0 Å². The Morgan fingerprint density at radius 3 is 2.37 bits per heavy atom. The van der Waals surface area contributed by atoms with Crippen LogP contribution in [0.15, 0.2) is 48.5 Å². The van der Waals surface area contributed by atoms with Gasteiger partial charge in [-0.1, -0.05) is 23.7 Å². The summed E-state index contributed by atoms with van der Waals surface area (Å²) in [4.78, 5) is 14.4. The van der Waals surface area contributed by atoms with Gasteiger partial charge in [-0.25, -0.2) is 4.68 Å². The Morgan fingerprint density at radius 1 is 1.13 bits per heavy atom. The Hall–Kier alpha value is -2.93. The second kappa shape index (κ2) is 9.26. The monoisotopic (exact) mass is 433 g/mol. The summed E-state index contributed by atoms with van der Waals surface area (Å²) < 4.78 is 30.6. The highest BCUT2D eigenvalue weighted by Gasteiger charge is 2.18. The fourth-order valence-corrected chi connectivity index (χ4v) is 3.32. The number of benzene rings is 2. The molecule has 30 heavy (non-hydrogen) atoms. The number of carbonyl (C=O) groups excluding carboxylic acids is 1. The minimum Gasteiger partial charge on any atom is -0.435 e. The number of halogens is 3. The maximum absolute atomic E-state index is 12.8. The van der Waals surface area contributed by atoms with Crippen LogP contribution in [-0.2, 0) is 17.8 Å². The van der Waals surface area contributed by atoms with Crippen molar-refractivity contribution >= 4 is 17.5 Å². The van der Waals surface area contributed by atoms with Gasteiger partial charge in [-0.2, -0.15) is 13.9 Å². The number of alkyl halides is 2. The number of hydrogen-bond donors (Lipinski definition) is 0. The van der Waals surface area contributed by atoms with Gasteiger partial charge in [-0.3, -0.25) is 4.79 Å². The Morgan fingerprint density at radius 2 is 1.77 bits per heavy atom. The third kappa shape index (κ3) is 5.16. The van der Waals surface area contributed by atoms with Crippen molar-refractivity contribution in [2.24, 2.45) is 0 Å². The van der Waals surface area contributed by atoms with Crippen molar-refractivity contribution in [3.63, 3.8) is 0 Å². The molecule has 0 bridgehead atoms. The fraction of sp³-hybridized carbons (Fsp3) is 0.273. The van der Waals surface area contributed by atoms with Crippen LogP contribution in [0.5, 0.6) is 5.75 Å². The number of carbonyl (C=O) groups is 1. The number of amides is 1. The predicted octanol–water partition coefficient (Wildman–Crippen LogP) is 4.95. The average Bonchev–Trinajstić information content (AvgIpc) is 2.98. The van der Waals surface area contributed by atoms with E-state index in [1.54, 1.807) is 40.9 Å². The number of nitrogens with zero attached hydrogens (tertiary/aromatic N) is 3. The SMILES string of the molecule is Cc1nn(-c2ccc(Cl)cc2)c(C)c1CC(=O)N(C)Cc1ccc(OC(F)F)cc1. The predicted molar refractivity (Wildman–Crippen MR) is 111 cm³/mol. The smallest absolute Gasteiger partial charge is 0.387 e. The number of aryl methyl sites for hydroxylation is 1. The van der Waals surface area contributed by atoms with Crippen LogP contribution in [0.1, 0.15) is 22.5 Å². The Bertz CT molecular complexity index is 1020. The van der Waals surface area contributed by atoms with E-state index in [-0.39, 0.29) is 18.1 Å². The standard InChI is InChI=1S/C22H22ClF2N3O2/c1-14-20(15(2)28(26-14)18-8-6-17(23)7-9-18)12-21(29)27(3)13-16-4-10-19(11-5-16)30-22(24)25/h4-11,22H,12-13H2,1-3H3. The molecular weight excluding hydrogens is 412 g/mol. The topological polar surface area (TPSA) is 47.4 Å². The normalized spacial score (nSPS) is 11.0. The molecule has 3 aromatic rings. The maximum atomic E-state index is 12.8. The van der Waals surface area contributed by atoms with Crippen LogP contribution in [0.2, 0.25) is 5.02 Å². The minimum atomic E-state index is -2.86. The summed E-state index contributed by atoms with van der Waals surface area (Å²) in [5.74, 6) is 0.0216. The summed E-state index contributed by atoms with van der Waals surface area (Å²) in [5, 5.41) is 5.21. The molecule has 158 valence electrons. The second-order valence-electron chi connectivity index (χ2n) is 6.99. The fourth-order valence-electron chi connectivity index (χ4n) is 3.19. The Kier molecular flexibility index (Phi) is 6.72. The van der Waals surface area contributed by atoms with E-state index in [0.717, 1.165) is 28.2 Å². The van der Waals surface area contributed by atoms with Gasteiger partial charge in [-0.05, 0) is 55.8 Å². The van der Waals surface area contributed by atoms with Crippen LogP contribution in [0.25, 0.3) is 5.69 Å². The first kappa shape index (κ1) is 21.8. The van der Waals surface area contributed by atoms with Crippen LogP contribution >= 0.6 is 11.6 Å². The van der Waals surface area contributed by atoms with Crippen molar-refractivity contribution < 1.29 is 18.3 Å². The highest BCUT2D eigenvalue weighted by Crippen LogP contribution is 2.21. The van der Waals surface area contributed by atoms with E-state index >= 15 is 0 Å². The van der Waals surface area contributed by atoms with E-state index in [9.17, 15) is 13.6 Å². The number of hydrogen-bond acceptors (Lipinski definition) is 3. The molecule has 0 saturated heterocycles. The molecule has 0 atom stereocenters. The van der Waals surface area contributed by atoms with Gasteiger partial charge in [0.2, 0.25) is 5.91 Å². The van der Waals surface area contributed by atoms with E-state index < -0.39 is 6.61 Å². The first-order valence-electron chi connectivity index (χ1n) is 9.33. The van der Waals surface area contributed by atoms with Gasteiger partial charge >= 0.3 is 6.61 Å². The van der Waals surface area contributed by atoms with Gasteiger partial charge in [0.25, 0.3) is 0 Å². The summed E-state index contributed by atoms with van der Waals surface area (Å²) >= 11 is 5.96. The lowest BCUT2D eigenvalue weighted by Crippen LogP contribution is -2.28. The van der Waals surface area contributed by atoms with Crippen LogP contribution in [0.4, 0.5) is 8.78 Å². The lowest BCUT2D eigenvalue weighted by Gasteiger charge is -2.18. The zero-order chi connectivity index (χ0) is 21.8. The highest BCUT2D eigenvalue weighted by molar-refractivity contribution is 6.30. The van der Waals surface area contributed by atoms with Crippen LogP contribution in [-0.4, -0.2) is 34.2 Å². The first-order valence-corrected chi connectivity index (χ1v) is 9.71. The van der Waals surface area contributed by atoms with Crippen LogP contribution < -0.4 is 4.74 Å². The molecular formula is C22H22ClF2N3O2. The van der Waals surface area contributed by atoms with Crippen molar-refractivity contribution in [1.29, 1.82) is 0 Å². The second-order valence-corrected chi connectivity index (χ2v) is 7.42. The molecule has 1 aromatic heterocycles. The molecule has 0 unspecified atom stereocenters. The largest absolute Gasteiger partial charge is 0.435 e. The Labute approximate surface area is 178 Å². The summed E-state index contributed by atoms with van der Waals surface area (Å²) in [7, 11) is 1.71. The molecule has 0 aliphatic carbocycles. The molecule has 0 spiro atoms. The quantitative estimate of drug-likeness (QED) is 0.530. The average molecular weight is 434 g/mol. The van der Waals surface area contributed by atoms with Crippen molar-refractivity contribution in [1.82, 2.24) is 14.7 Å². The summed E-state index contributed by atoms with van der Waals surface area (Å²) in [6.45, 7) is 1.31. The van der Waals surface area contributed by atoms with E-state index in [1.165, 1.54) is 12.1 Å². The van der Waals surface area contributed by atoms with E-state index in [0.29, 0.717) is 11.6 Å². The van der Waals surface area contributed by atoms with E-state index in [2.05, 4.69) is 9.84 Å². The van der Waals surface area contributed by atoms with Gasteiger partial charge in [0.05, 0.1) is 17.8 Å². The summed E-state index contributed by atoms with van der Waals surface area (Å²) in [6, 6.07) is 13.6. The van der Waals surface area contributed by atoms with Crippen molar-refractivity contribution in [2.75, 3.05) is 7.05 Å². The number of aromatic nitrogens is 2. The zero-order valence-electron chi connectivity index (χ0n) is 16.9. The molecule has 0 aliphatic heterocycles. The number of rotatable bonds is 7. The number of likely N-dealkylation sites (N-methyl/N-ethyl adjacent to an activating group) is 1. The van der Waals surface area contributed by atoms with Gasteiger partial charge in [0.15, 0.2) is 0 Å². The third-order valence-electron chi connectivity index (χ3n) is 4.83. The number of ether oxygens (including phenoxy) is 1. The van der Waals surface area contributed by atoms with Crippen molar-refractivity contribution in [3.05, 3.63) is 76.1 Å². The molecule has 0 radical (unpaired) electrons. The Balaban J connectivity index is 1.68. The van der Waals surface area contributed by atoms with Crippen LogP contribution in [0, 0.1) is 13.8 Å². The molecule has 3 rings (SSSR count). The lowest BCUT2D eigenvalue weighted by molar-refractivity contribution is -0.129. The summed E-state index contributed by atoms with van der Waals surface area (Å²) in [6.07, 6.45) is 0.217. The molecule has 1 amide bonds. The zero-order valence-corrected chi connectivity index (χ0v) is 17.7. The van der Waals surface area contributed by atoms with Crippen LogP contribution in [0.3, 0.4) is 0 Å². The summed E-state index contributed by atoms with van der Waals surface area (Å²) in [5.41, 5.74) is 4.25. The van der Waals surface area contributed by atoms with E-state index in [4.69, 9.17) is 11.6 Å². The third-order valence-corrected chi connectivity index (χ3v) is 5.09. The van der Waals surface area contributed by atoms with Gasteiger partial charge in [0, 0.05) is 29.9 Å². The molecule has 0 fully saturated rings. The lowest BCUT2D eigenvalue weighted by atomic mass is 10.1.